The molecule has 1 amide bonds. The Hall–Kier alpha value is -3.75. The first-order chi connectivity index (χ1) is 16.6. The van der Waals surface area contributed by atoms with Crippen LogP contribution in [0.15, 0.2) is 42.9 Å². The number of carbonyl (C=O) groups is 1. The van der Waals surface area contributed by atoms with Gasteiger partial charge in [-0.2, -0.15) is 10.1 Å². The maximum atomic E-state index is 12.4. The van der Waals surface area contributed by atoms with E-state index in [1.54, 1.807) is 0 Å². The first-order valence-corrected chi connectivity index (χ1v) is 11.9. The minimum atomic E-state index is -0.0846. The molecule has 34 heavy (non-hydrogen) atoms. The Kier molecular flexibility index (Phi) is 5.04. The summed E-state index contributed by atoms with van der Waals surface area (Å²) in [5.74, 6) is 1.76. The summed E-state index contributed by atoms with van der Waals surface area (Å²) in [7, 11) is 0. The number of likely N-dealkylation sites (tertiary alicyclic amines) is 1. The standard InChI is InChI=1S/C25H27N7O2/c1-3-31-22(20-13-28-32(16(20)2)18-7-5-4-6-8-18)29-21-23(31)26-15-27-24(21)34-19-11-12-30(14-19)25(33)17-9-10-17/h4-8,13,15,17,19H,3,9-12,14H2,1-2H3/t19-/m0/s1. The van der Waals surface area contributed by atoms with Gasteiger partial charge in [0.25, 0.3) is 0 Å². The van der Waals surface area contributed by atoms with Crippen LogP contribution in [-0.4, -0.2) is 59.3 Å². The van der Waals surface area contributed by atoms with Crippen LogP contribution in [-0.2, 0) is 11.3 Å². The third kappa shape index (κ3) is 3.52. The molecule has 1 saturated heterocycles. The molecular weight excluding hydrogens is 430 g/mol. The van der Waals surface area contributed by atoms with Gasteiger partial charge in [-0.3, -0.25) is 4.79 Å². The lowest BCUT2D eigenvalue weighted by molar-refractivity contribution is -0.131. The van der Waals surface area contributed by atoms with Gasteiger partial charge in [-0.05, 0) is 38.8 Å². The van der Waals surface area contributed by atoms with E-state index in [9.17, 15) is 4.79 Å². The van der Waals surface area contributed by atoms with Crippen LogP contribution >= 0.6 is 0 Å². The van der Waals surface area contributed by atoms with Crippen molar-refractivity contribution in [2.45, 2.75) is 45.8 Å². The molecule has 0 N–H and O–H groups in total. The summed E-state index contributed by atoms with van der Waals surface area (Å²) in [5, 5.41) is 4.62. The van der Waals surface area contributed by atoms with Gasteiger partial charge in [0.15, 0.2) is 11.2 Å². The number of hydrogen-bond acceptors (Lipinski definition) is 6. The van der Waals surface area contributed by atoms with Gasteiger partial charge in [0.2, 0.25) is 11.8 Å². The predicted molar refractivity (Wildman–Crippen MR) is 127 cm³/mol. The van der Waals surface area contributed by atoms with Gasteiger partial charge < -0.3 is 14.2 Å². The van der Waals surface area contributed by atoms with E-state index in [2.05, 4.69) is 26.6 Å². The predicted octanol–water partition coefficient (Wildman–Crippen LogP) is 3.40. The van der Waals surface area contributed by atoms with Crippen molar-refractivity contribution in [2.75, 3.05) is 13.1 Å². The molecule has 4 aromatic rings. The fraction of sp³-hybridized carbons (Fsp3) is 0.400. The highest BCUT2D eigenvalue weighted by Gasteiger charge is 2.37. The van der Waals surface area contributed by atoms with E-state index >= 15 is 0 Å². The number of benzene rings is 1. The first-order valence-electron chi connectivity index (χ1n) is 11.9. The van der Waals surface area contributed by atoms with Gasteiger partial charge in [-0.15, -0.1) is 0 Å². The molecule has 0 spiro atoms. The summed E-state index contributed by atoms with van der Waals surface area (Å²) in [6.45, 7) is 6.15. The van der Waals surface area contributed by atoms with E-state index in [1.807, 2.05) is 53.0 Å². The van der Waals surface area contributed by atoms with Crippen molar-refractivity contribution < 1.29 is 9.53 Å². The third-order valence-electron chi connectivity index (χ3n) is 6.73. The van der Waals surface area contributed by atoms with Crippen molar-refractivity contribution >= 4 is 17.1 Å². The molecule has 9 nitrogen and oxygen atoms in total. The number of carbonyl (C=O) groups excluding carboxylic acids is 1. The first kappa shape index (κ1) is 20.8. The third-order valence-corrected chi connectivity index (χ3v) is 6.73. The smallest absolute Gasteiger partial charge is 0.245 e. The largest absolute Gasteiger partial charge is 0.471 e. The van der Waals surface area contributed by atoms with E-state index in [1.165, 1.54) is 6.33 Å². The number of aromatic nitrogens is 6. The molecule has 6 rings (SSSR count). The van der Waals surface area contributed by atoms with Crippen molar-refractivity contribution in [3.8, 4) is 23.0 Å². The molecule has 4 heterocycles. The second-order valence-corrected chi connectivity index (χ2v) is 9.01. The summed E-state index contributed by atoms with van der Waals surface area (Å²) in [4.78, 5) is 28.2. The van der Waals surface area contributed by atoms with Crippen molar-refractivity contribution in [1.82, 2.24) is 34.2 Å². The average Bonchev–Trinajstić information content (AvgIpc) is 3.31. The molecule has 1 atom stereocenters. The molecule has 0 bridgehead atoms. The molecule has 1 aromatic carbocycles. The van der Waals surface area contributed by atoms with Crippen LogP contribution in [0.3, 0.4) is 0 Å². The number of aryl methyl sites for hydroxylation is 1. The van der Waals surface area contributed by atoms with Gasteiger partial charge >= 0.3 is 0 Å². The molecule has 174 valence electrons. The van der Waals surface area contributed by atoms with Gasteiger partial charge in [-0.25, -0.2) is 14.6 Å². The molecule has 9 heteroatoms. The highest BCUT2D eigenvalue weighted by atomic mass is 16.5. The summed E-state index contributed by atoms with van der Waals surface area (Å²) >= 11 is 0. The lowest BCUT2D eigenvalue weighted by Crippen LogP contribution is -2.32. The van der Waals surface area contributed by atoms with E-state index in [0.29, 0.717) is 24.5 Å². The molecule has 2 fully saturated rings. The topological polar surface area (TPSA) is 91.0 Å². The fourth-order valence-electron chi connectivity index (χ4n) is 4.74. The number of ether oxygens (including phenoxy) is 1. The van der Waals surface area contributed by atoms with Gasteiger partial charge in [0, 0.05) is 25.4 Å². The molecule has 0 unspecified atom stereocenters. The Morgan fingerprint density at radius 3 is 2.74 bits per heavy atom. The second-order valence-electron chi connectivity index (χ2n) is 9.01. The molecule has 3 aromatic heterocycles. The van der Waals surface area contributed by atoms with Crippen molar-refractivity contribution in [2.24, 2.45) is 5.92 Å². The fourth-order valence-corrected chi connectivity index (χ4v) is 4.74. The number of imidazole rings is 1. The van der Waals surface area contributed by atoms with E-state index in [4.69, 9.17) is 9.72 Å². The van der Waals surface area contributed by atoms with Crippen LogP contribution in [0.25, 0.3) is 28.2 Å². The zero-order valence-electron chi connectivity index (χ0n) is 19.4. The lowest BCUT2D eigenvalue weighted by atomic mass is 10.2. The maximum absolute atomic E-state index is 12.4. The molecular formula is C25H27N7O2. The minimum Gasteiger partial charge on any atom is -0.471 e. The number of fused-ring (bicyclic) bond motifs is 1. The number of nitrogens with zero attached hydrogens (tertiary/aromatic N) is 7. The molecule has 1 aliphatic carbocycles. The highest BCUT2D eigenvalue weighted by molar-refractivity contribution is 5.82. The quantitative estimate of drug-likeness (QED) is 0.441. The summed E-state index contributed by atoms with van der Waals surface area (Å²) in [5.41, 5.74) is 4.31. The summed E-state index contributed by atoms with van der Waals surface area (Å²) < 4.78 is 10.3. The highest BCUT2D eigenvalue weighted by Crippen LogP contribution is 2.34. The Morgan fingerprint density at radius 2 is 1.97 bits per heavy atom. The Balaban J connectivity index is 1.33. The Labute approximate surface area is 197 Å². The number of rotatable bonds is 6. The minimum absolute atomic E-state index is 0.0846. The normalized spacial score (nSPS) is 18.1. The van der Waals surface area contributed by atoms with Gasteiger partial charge in [-0.1, -0.05) is 18.2 Å². The van der Waals surface area contributed by atoms with Crippen molar-refractivity contribution in [3.05, 3.63) is 48.5 Å². The zero-order chi connectivity index (χ0) is 23.2. The van der Waals surface area contributed by atoms with Crippen LogP contribution in [0.2, 0.25) is 0 Å². The van der Waals surface area contributed by atoms with Crippen molar-refractivity contribution in [1.29, 1.82) is 0 Å². The van der Waals surface area contributed by atoms with Crippen LogP contribution in [0.5, 0.6) is 5.88 Å². The Bertz CT molecular complexity index is 1360. The second kappa shape index (κ2) is 8.23. The monoisotopic (exact) mass is 457 g/mol. The van der Waals surface area contributed by atoms with Crippen LogP contribution < -0.4 is 4.74 Å². The van der Waals surface area contributed by atoms with Gasteiger partial charge in [0.05, 0.1) is 29.7 Å². The summed E-state index contributed by atoms with van der Waals surface area (Å²) in [6.07, 6.45) is 6.13. The van der Waals surface area contributed by atoms with Crippen LogP contribution in [0.1, 0.15) is 31.9 Å². The van der Waals surface area contributed by atoms with E-state index in [0.717, 1.165) is 54.2 Å². The van der Waals surface area contributed by atoms with Crippen molar-refractivity contribution in [3.63, 3.8) is 0 Å². The number of amides is 1. The maximum Gasteiger partial charge on any atom is 0.245 e. The van der Waals surface area contributed by atoms with Gasteiger partial charge in [0.1, 0.15) is 18.3 Å². The summed E-state index contributed by atoms with van der Waals surface area (Å²) in [6, 6.07) is 10.1. The molecule has 1 saturated carbocycles. The molecule has 0 radical (unpaired) electrons. The molecule has 1 aliphatic heterocycles. The van der Waals surface area contributed by atoms with E-state index in [-0.39, 0.29) is 17.9 Å². The molecule has 2 aliphatic rings. The SMILES string of the molecule is CCn1c(-c2cnn(-c3ccccc3)c2C)nc2c(O[C@H]3CCN(C(=O)C4CC4)C3)ncnc21. The lowest BCUT2D eigenvalue weighted by Gasteiger charge is -2.16. The zero-order valence-corrected chi connectivity index (χ0v) is 19.4. The number of hydrogen-bond donors (Lipinski definition) is 0. The van der Waals surface area contributed by atoms with E-state index < -0.39 is 0 Å². The van der Waals surface area contributed by atoms with Crippen LogP contribution in [0.4, 0.5) is 0 Å². The van der Waals surface area contributed by atoms with Crippen LogP contribution in [0, 0.1) is 12.8 Å². The average molecular weight is 458 g/mol. The Morgan fingerprint density at radius 1 is 1.15 bits per heavy atom. The number of para-hydroxylation sites is 1.